The van der Waals surface area contributed by atoms with E-state index >= 15 is 0 Å². The van der Waals surface area contributed by atoms with Crippen molar-refractivity contribution in [2.45, 2.75) is 31.2 Å². The van der Waals surface area contributed by atoms with Crippen LogP contribution in [0.3, 0.4) is 0 Å². The van der Waals surface area contributed by atoms with Crippen molar-refractivity contribution < 1.29 is 13.5 Å². The van der Waals surface area contributed by atoms with E-state index in [-0.39, 0.29) is 11.5 Å². The minimum absolute atomic E-state index is 0.111. The van der Waals surface area contributed by atoms with Crippen molar-refractivity contribution in [2.24, 2.45) is 0 Å². The fourth-order valence-corrected chi connectivity index (χ4v) is 5.58. The van der Waals surface area contributed by atoms with Gasteiger partial charge in [0, 0.05) is 22.0 Å². The van der Waals surface area contributed by atoms with Gasteiger partial charge in [-0.15, -0.1) is 10.2 Å². The van der Waals surface area contributed by atoms with Crippen LogP contribution >= 0.6 is 23.2 Å². The SMILES string of the molecule is Cc1ccc(-c2nnc(Nc3ccc(Cl)c(Cl)c3)c3ccccc23)cc1S(=O)(=O)NC(C)(C)CO. The molecule has 0 aliphatic rings. The van der Waals surface area contributed by atoms with E-state index in [0.29, 0.717) is 38.4 Å². The molecule has 0 unspecified atom stereocenters. The summed E-state index contributed by atoms with van der Waals surface area (Å²) in [5.41, 5.74) is 1.41. The molecule has 0 spiro atoms. The Bertz CT molecular complexity index is 1520. The molecule has 182 valence electrons. The van der Waals surface area contributed by atoms with Gasteiger partial charge >= 0.3 is 0 Å². The van der Waals surface area contributed by atoms with E-state index in [9.17, 15) is 13.5 Å². The molecule has 1 heterocycles. The lowest BCUT2D eigenvalue weighted by molar-refractivity contribution is 0.208. The molecule has 0 saturated carbocycles. The number of sulfonamides is 1. The fourth-order valence-electron chi connectivity index (χ4n) is 3.61. The van der Waals surface area contributed by atoms with Gasteiger partial charge in [0.05, 0.1) is 27.1 Å². The van der Waals surface area contributed by atoms with Crippen LogP contribution in [0.15, 0.2) is 65.6 Å². The molecule has 3 N–H and O–H groups in total. The normalized spacial score (nSPS) is 12.2. The highest BCUT2D eigenvalue weighted by Crippen LogP contribution is 2.34. The zero-order chi connectivity index (χ0) is 25.4. The molecule has 0 aliphatic carbocycles. The van der Waals surface area contributed by atoms with Crippen molar-refractivity contribution in [3.8, 4) is 11.3 Å². The Labute approximate surface area is 214 Å². The molecular weight excluding hydrogens is 507 g/mol. The second-order valence-electron chi connectivity index (χ2n) is 8.82. The Morgan fingerprint density at radius 1 is 0.943 bits per heavy atom. The average molecular weight is 531 g/mol. The van der Waals surface area contributed by atoms with Crippen LogP contribution in [0.1, 0.15) is 19.4 Å². The van der Waals surface area contributed by atoms with Crippen LogP contribution in [0.5, 0.6) is 0 Å². The highest BCUT2D eigenvalue weighted by molar-refractivity contribution is 7.89. The van der Waals surface area contributed by atoms with E-state index in [0.717, 1.165) is 10.8 Å². The number of nitrogens with zero attached hydrogens (tertiary/aromatic N) is 2. The first kappa shape index (κ1) is 25.3. The van der Waals surface area contributed by atoms with Crippen molar-refractivity contribution in [1.82, 2.24) is 14.9 Å². The van der Waals surface area contributed by atoms with Crippen LogP contribution in [-0.2, 0) is 10.0 Å². The third-order valence-corrected chi connectivity index (χ3v) is 8.01. The Hall–Kier alpha value is -2.75. The molecule has 0 amide bonds. The molecule has 0 fully saturated rings. The maximum Gasteiger partial charge on any atom is 0.241 e. The largest absolute Gasteiger partial charge is 0.394 e. The summed E-state index contributed by atoms with van der Waals surface area (Å²) < 4.78 is 28.7. The van der Waals surface area contributed by atoms with E-state index in [1.165, 1.54) is 0 Å². The number of aliphatic hydroxyl groups is 1. The molecule has 4 rings (SSSR count). The summed E-state index contributed by atoms with van der Waals surface area (Å²) in [6, 6.07) is 17.9. The summed E-state index contributed by atoms with van der Waals surface area (Å²) in [6.45, 7) is 4.61. The zero-order valence-electron chi connectivity index (χ0n) is 19.3. The number of aliphatic hydroxyl groups excluding tert-OH is 1. The van der Waals surface area contributed by atoms with E-state index in [2.05, 4.69) is 20.2 Å². The second kappa shape index (κ2) is 9.72. The number of hydrogen-bond acceptors (Lipinski definition) is 6. The fraction of sp³-hybridized carbons (Fsp3) is 0.200. The molecule has 1 aromatic heterocycles. The van der Waals surface area contributed by atoms with E-state index < -0.39 is 15.6 Å². The maximum atomic E-state index is 13.1. The maximum absolute atomic E-state index is 13.1. The standard InChI is InChI=1S/C25H24Cl2N4O3S/c1-15-8-9-16(12-22(15)35(33,34)31-25(2,3)14-32)23-18-6-4-5-7-19(18)24(30-29-23)28-17-10-11-20(26)21(27)13-17/h4-13,31-32H,14H2,1-3H3,(H,28,30). The third kappa shape index (κ3) is 5.42. The van der Waals surface area contributed by atoms with Gasteiger partial charge in [-0.1, -0.05) is 59.6 Å². The van der Waals surface area contributed by atoms with Gasteiger partial charge in [0.25, 0.3) is 0 Å². The molecule has 0 aliphatic heterocycles. The number of halogens is 2. The molecule has 35 heavy (non-hydrogen) atoms. The number of rotatable bonds is 7. The summed E-state index contributed by atoms with van der Waals surface area (Å²) in [5.74, 6) is 0.522. The number of aryl methyl sites for hydroxylation is 1. The summed E-state index contributed by atoms with van der Waals surface area (Å²) in [4.78, 5) is 0.111. The lowest BCUT2D eigenvalue weighted by atomic mass is 10.0. The summed E-state index contributed by atoms with van der Waals surface area (Å²) >= 11 is 12.2. The quantitative estimate of drug-likeness (QED) is 0.283. The predicted octanol–water partition coefficient (Wildman–Crippen LogP) is 5.70. The Morgan fingerprint density at radius 3 is 2.34 bits per heavy atom. The molecule has 7 nitrogen and oxygen atoms in total. The lowest BCUT2D eigenvalue weighted by Crippen LogP contribution is -2.46. The Balaban J connectivity index is 1.79. The van der Waals surface area contributed by atoms with E-state index in [4.69, 9.17) is 23.2 Å². The summed E-state index contributed by atoms with van der Waals surface area (Å²) in [6.07, 6.45) is 0. The van der Waals surface area contributed by atoms with Gasteiger partial charge in [-0.3, -0.25) is 0 Å². The Kier molecular flexibility index (Phi) is 7.04. The smallest absolute Gasteiger partial charge is 0.241 e. The topological polar surface area (TPSA) is 104 Å². The van der Waals surface area contributed by atoms with Crippen LogP contribution in [0.25, 0.3) is 22.0 Å². The number of aromatic nitrogens is 2. The van der Waals surface area contributed by atoms with Gasteiger partial charge in [0.1, 0.15) is 5.69 Å². The van der Waals surface area contributed by atoms with E-state index in [1.54, 1.807) is 51.1 Å². The molecule has 0 atom stereocenters. The molecule has 3 aromatic carbocycles. The second-order valence-corrected chi connectivity index (χ2v) is 11.3. The van der Waals surface area contributed by atoms with Crippen LogP contribution in [-0.4, -0.2) is 35.9 Å². The van der Waals surface area contributed by atoms with Gasteiger partial charge in [0.2, 0.25) is 10.0 Å². The zero-order valence-corrected chi connectivity index (χ0v) is 21.6. The monoisotopic (exact) mass is 530 g/mol. The summed E-state index contributed by atoms with van der Waals surface area (Å²) in [5, 5.41) is 24.0. The molecule has 4 aromatic rings. The molecular formula is C25H24Cl2N4O3S. The number of benzene rings is 3. The predicted molar refractivity (Wildman–Crippen MR) is 141 cm³/mol. The van der Waals surface area contributed by atoms with Crippen LogP contribution in [0, 0.1) is 6.92 Å². The number of hydrogen-bond donors (Lipinski definition) is 3. The first-order valence-electron chi connectivity index (χ1n) is 10.7. The lowest BCUT2D eigenvalue weighted by Gasteiger charge is -2.24. The molecule has 0 saturated heterocycles. The van der Waals surface area contributed by atoms with Crippen molar-refractivity contribution in [3.05, 3.63) is 76.3 Å². The molecule has 0 radical (unpaired) electrons. The summed E-state index contributed by atoms with van der Waals surface area (Å²) in [7, 11) is -3.89. The van der Waals surface area contributed by atoms with Crippen LogP contribution < -0.4 is 10.0 Å². The first-order chi connectivity index (χ1) is 16.5. The van der Waals surface area contributed by atoms with Crippen molar-refractivity contribution >= 4 is 55.5 Å². The van der Waals surface area contributed by atoms with Gasteiger partial charge < -0.3 is 10.4 Å². The highest BCUT2D eigenvalue weighted by atomic mass is 35.5. The minimum atomic E-state index is -3.89. The Morgan fingerprint density at radius 2 is 1.66 bits per heavy atom. The van der Waals surface area contributed by atoms with Crippen molar-refractivity contribution in [3.63, 3.8) is 0 Å². The van der Waals surface area contributed by atoms with Gasteiger partial charge in [-0.25, -0.2) is 13.1 Å². The van der Waals surface area contributed by atoms with Crippen LogP contribution in [0.2, 0.25) is 10.0 Å². The van der Waals surface area contributed by atoms with Crippen LogP contribution in [0.4, 0.5) is 11.5 Å². The highest BCUT2D eigenvalue weighted by Gasteiger charge is 2.27. The first-order valence-corrected chi connectivity index (χ1v) is 13.0. The van der Waals surface area contributed by atoms with Gasteiger partial charge in [-0.2, -0.15) is 0 Å². The van der Waals surface area contributed by atoms with Gasteiger partial charge in [-0.05, 0) is 50.6 Å². The molecule has 10 heteroatoms. The van der Waals surface area contributed by atoms with Crippen molar-refractivity contribution in [2.75, 3.05) is 11.9 Å². The minimum Gasteiger partial charge on any atom is -0.394 e. The number of anilines is 2. The number of nitrogens with one attached hydrogen (secondary N) is 2. The third-order valence-electron chi connectivity index (χ3n) is 5.43. The average Bonchev–Trinajstić information content (AvgIpc) is 2.81. The van der Waals surface area contributed by atoms with E-state index in [1.807, 2.05) is 30.3 Å². The molecule has 0 bridgehead atoms. The van der Waals surface area contributed by atoms with Crippen molar-refractivity contribution in [1.29, 1.82) is 0 Å². The van der Waals surface area contributed by atoms with Gasteiger partial charge in [0.15, 0.2) is 5.82 Å². The number of fused-ring (bicyclic) bond motifs is 1.